The second-order valence-corrected chi connectivity index (χ2v) is 7.51. The van der Waals surface area contributed by atoms with Crippen LogP contribution in [0, 0.1) is 28.9 Å². The fourth-order valence-electron chi connectivity index (χ4n) is 4.75. The number of carbonyl (C=O) groups excluding carboxylic acids is 3. The average Bonchev–Trinajstić information content (AvgIpc) is 3.30. The van der Waals surface area contributed by atoms with Crippen molar-refractivity contribution in [3.8, 4) is 0 Å². The van der Waals surface area contributed by atoms with Gasteiger partial charge in [-0.05, 0) is 18.6 Å². The molecule has 2 aromatic rings. The summed E-state index contributed by atoms with van der Waals surface area (Å²) in [5, 5.41) is 17.1. The van der Waals surface area contributed by atoms with Crippen LogP contribution in [0.5, 0.6) is 0 Å². The van der Waals surface area contributed by atoms with Crippen LogP contribution in [0.25, 0.3) is 0 Å². The predicted octanol–water partition coefficient (Wildman–Crippen LogP) is 1.46. The fourth-order valence-corrected chi connectivity index (χ4v) is 4.75. The SMILES string of the molecule is Cc1ccc([N+](=O)[O-])cc1N1C(=O)C2CNC3(C(=O)Nc4ccccc43)C2C1=O. The van der Waals surface area contributed by atoms with Crippen LogP contribution in [0.15, 0.2) is 42.5 Å². The maximum atomic E-state index is 13.5. The Labute approximate surface area is 164 Å². The summed E-state index contributed by atoms with van der Waals surface area (Å²) >= 11 is 0. The second kappa shape index (κ2) is 5.71. The number of hydrogen-bond donors (Lipinski definition) is 2. The lowest BCUT2D eigenvalue weighted by atomic mass is 9.77. The molecule has 3 aliphatic heterocycles. The Bertz CT molecular complexity index is 1130. The van der Waals surface area contributed by atoms with Crippen molar-refractivity contribution in [2.24, 2.45) is 11.8 Å². The number of carbonyl (C=O) groups is 3. The lowest BCUT2D eigenvalue weighted by molar-refractivity contribution is -0.384. The number of non-ortho nitro benzene ring substituents is 1. The van der Waals surface area contributed by atoms with E-state index in [1.807, 2.05) is 0 Å². The van der Waals surface area contributed by atoms with E-state index in [-0.39, 0.29) is 23.8 Å². The summed E-state index contributed by atoms with van der Waals surface area (Å²) in [6, 6.07) is 11.1. The van der Waals surface area contributed by atoms with Crippen LogP contribution >= 0.6 is 0 Å². The number of nitrogens with zero attached hydrogens (tertiary/aromatic N) is 2. The van der Waals surface area contributed by atoms with Gasteiger partial charge in [0.2, 0.25) is 17.7 Å². The Kier molecular flexibility index (Phi) is 3.45. The molecule has 2 aromatic carbocycles. The van der Waals surface area contributed by atoms with Crippen molar-refractivity contribution < 1.29 is 19.3 Å². The molecule has 2 fully saturated rings. The third-order valence-electron chi connectivity index (χ3n) is 6.10. The van der Waals surface area contributed by atoms with E-state index in [9.17, 15) is 24.5 Å². The van der Waals surface area contributed by atoms with Crippen molar-refractivity contribution in [3.63, 3.8) is 0 Å². The van der Waals surface area contributed by atoms with Gasteiger partial charge in [0.25, 0.3) is 5.69 Å². The van der Waals surface area contributed by atoms with Gasteiger partial charge >= 0.3 is 0 Å². The summed E-state index contributed by atoms with van der Waals surface area (Å²) in [6.07, 6.45) is 0. The van der Waals surface area contributed by atoms with Crippen molar-refractivity contribution in [1.82, 2.24) is 5.32 Å². The first kappa shape index (κ1) is 17.5. The number of benzene rings is 2. The van der Waals surface area contributed by atoms with Crippen LogP contribution in [0.4, 0.5) is 17.1 Å². The minimum absolute atomic E-state index is 0.168. The number of anilines is 2. The van der Waals surface area contributed by atoms with Gasteiger partial charge in [0, 0.05) is 29.9 Å². The fraction of sp³-hybridized carbons (Fsp3) is 0.250. The number of amides is 3. The summed E-state index contributed by atoms with van der Waals surface area (Å²) in [5.41, 5.74) is 0.463. The quantitative estimate of drug-likeness (QED) is 0.453. The molecule has 2 N–H and O–H groups in total. The van der Waals surface area contributed by atoms with Gasteiger partial charge in [-0.25, -0.2) is 4.90 Å². The van der Waals surface area contributed by atoms with Crippen LogP contribution < -0.4 is 15.5 Å². The molecule has 9 heteroatoms. The van der Waals surface area contributed by atoms with Crippen LogP contribution in [0.1, 0.15) is 11.1 Å². The molecule has 3 aliphatic rings. The highest BCUT2D eigenvalue weighted by Crippen LogP contribution is 2.51. The molecule has 3 heterocycles. The van der Waals surface area contributed by atoms with E-state index in [1.54, 1.807) is 31.2 Å². The Morgan fingerprint density at radius 2 is 1.90 bits per heavy atom. The lowest BCUT2D eigenvalue weighted by Crippen LogP contribution is -2.51. The van der Waals surface area contributed by atoms with Crippen molar-refractivity contribution in [2.45, 2.75) is 12.5 Å². The first-order valence-corrected chi connectivity index (χ1v) is 9.15. The second-order valence-electron chi connectivity index (χ2n) is 7.51. The van der Waals surface area contributed by atoms with Crippen LogP contribution in [-0.2, 0) is 19.9 Å². The van der Waals surface area contributed by atoms with Gasteiger partial charge in [-0.15, -0.1) is 0 Å². The van der Waals surface area contributed by atoms with E-state index >= 15 is 0 Å². The molecular weight excluding hydrogens is 376 g/mol. The zero-order chi connectivity index (χ0) is 20.5. The molecule has 0 bridgehead atoms. The molecule has 3 unspecified atom stereocenters. The van der Waals surface area contributed by atoms with Gasteiger partial charge in [-0.2, -0.15) is 0 Å². The van der Waals surface area contributed by atoms with Gasteiger partial charge in [-0.3, -0.25) is 29.8 Å². The number of aryl methyl sites for hydroxylation is 1. The van der Waals surface area contributed by atoms with Gasteiger partial charge in [-0.1, -0.05) is 24.3 Å². The first-order chi connectivity index (χ1) is 13.9. The molecule has 0 aliphatic carbocycles. The Morgan fingerprint density at radius 1 is 1.14 bits per heavy atom. The van der Waals surface area contributed by atoms with Gasteiger partial charge in [0.15, 0.2) is 0 Å². The van der Waals surface area contributed by atoms with Gasteiger partial charge < -0.3 is 5.32 Å². The van der Waals surface area contributed by atoms with Crippen LogP contribution in [-0.4, -0.2) is 29.2 Å². The molecule has 3 amide bonds. The Morgan fingerprint density at radius 3 is 2.66 bits per heavy atom. The molecule has 1 spiro atoms. The van der Waals surface area contributed by atoms with E-state index in [0.29, 0.717) is 16.8 Å². The number of hydrogen-bond acceptors (Lipinski definition) is 6. The molecular formula is C20H16N4O5. The Balaban J connectivity index is 1.63. The summed E-state index contributed by atoms with van der Waals surface area (Å²) in [4.78, 5) is 51.2. The topological polar surface area (TPSA) is 122 Å². The highest BCUT2D eigenvalue weighted by atomic mass is 16.6. The average molecular weight is 392 g/mol. The molecule has 29 heavy (non-hydrogen) atoms. The maximum absolute atomic E-state index is 13.5. The van der Waals surface area contributed by atoms with E-state index in [1.165, 1.54) is 18.2 Å². The minimum Gasteiger partial charge on any atom is -0.324 e. The number of nitro groups is 1. The van der Waals surface area contributed by atoms with Crippen molar-refractivity contribution >= 4 is 34.8 Å². The number of rotatable bonds is 2. The highest BCUT2D eigenvalue weighted by molar-refractivity contribution is 6.26. The predicted molar refractivity (Wildman–Crippen MR) is 102 cm³/mol. The van der Waals surface area contributed by atoms with E-state index in [4.69, 9.17) is 0 Å². The van der Waals surface area contributed by atoms with Crippen LogP contribution in [0.3, 0.4) is 0 Å². The normalized spacial score (nSPS) is 27.3. The molecule has 0 radical (unpaired) electrons. The van der Waals surface area contributed by atoms with E-state index in [0.717, 1.165) is 4.90 Å². The number of fused-ring (bicyclic) bond motifs is 4. The number of nitrogens with one attached hydrogen (secondary N) is 2. The molecule has 0 aromatic heterocycles. The molecule has 0 saturated carbocycles. The van der Waals surface area contributed by atoms with Crippen molar-refractivity contribution in [1.29, 1.82) is 0 Å². The number of para-hydroxylation sites is 1. The maximum Gasteiger partial charge on any atom is 0.271 e. The zero-order valence-corrected chi connectivity index (χ0v) is 15.3. The third-order valence-corrected chi connectivity index (χ3v) is 6.10. The third kappa shape index (κ3) is 2.10. The number of nitro benzene ring substituents is 1. The first-order valence-electron chi connectivity index (χ1n) is 9.15. The Hall–Kier alpha value is -3.59. The lowest BCUT2D eigenvalue weighted by Gasteiger charge is -2.28. The monoisotopic (exact) mass is 392 g/mol. The van der Waals surface area contributed by atoms with Gasteiger partial charge in [0.1, 0.15) is 5.54 Å². The standard InChI is InChI=1S/C20H16N4O5/c1-10-6-7-11(24(28)29)8-15(10)23-17(25)12-9-21-20(16(12)18(23)26)13-4-2-3-5-14(13)22-19(20)27/h2-8,12,16,21H,9H2,1H3,(H,22,27). The molecule has 146 valence electrons. The van der Waals surface area contributed by atoms with Crippen molar-refractivity contribution in [2.75, 3.05) is 16.8 Å². The van der Waals surface area contributed by atoms with Crippen molar-refractivity contribution in [3.05, 3.63) is 63.7 Å². The molecule has 5 rings (SSSR count). The summed E-state index contributed by atoms with van der Waals surface area (Å²) in [6.45, 7) is 1.85. The highest BCUT2D eigenvalue weighted by Gasteiger charge is 2.67. The summed E-state index contributed by atoms with van der Waals surface area (Å²) < 4.78 is 0. The summed E-state index contributed by atoms with van der Waals surface area (Å²) in [5.74, 6) is -2.99. The zero-order valence-electron chi connectivity index (χ0n) is 15.3. The number of imide groups is 1. The van der Waals surface area contributed by atoms with Gasteiger partial charge in [0.05, 0.1) is 22.4 Å². The minimum atomic E-state index is -1.32. The molecule has 9 nitrogen and oxygen atoms in total. The van der Waals surface area contributed by atoms with Crippen LogP contribution in [0.2, 0.25) is 0 Å². The molecule has 2 saturated heterocycles. The summed E-state index contributed by atoms with van der Waals surface area (Å²) in [7, 11) is 0. The largest absolute Gasteiger partial charge is 0.324 e. The van der Waals surface area contributed by atoms with E-state index in [2.05, 4.69) is 10.6 Å². The molecule has 3 atom stereocenters. The van der Waals surface area contributed by atoms with E-state index < -0.39 is 34.1 Å². The smallest absolute Gasteiger partial charge is 0.271 e.